The summed E-state index contributed by atoms with van der Waals surface area (Å²) in [5.74, 6) is 0.0511. The Bertz CT molecular complexity index is 709. The molecule has 0 saturated carbocycles. The van der Waals surface area contributed by atoms with Gasteiger partial charge < -0.3 is 9.64 Å². The van der Waals surface area contributed by atoms with Gasteiger partial charge in [0.15, 0.2) is 0 Å². The highest BCUT2D eigenvalue weighted by atomic mass is 16.5. The number of likely N-dealkylation sites (tertiary alicyclic amines) is 1. The van der Waals surface area contributed by atoms with Crippen molar-refractivity contribution in [3.63, 3.8) is 0 Å². The van der Waals surface area contributed by atoms with Gasteiger partial charge in [0.25, 0.3) is 5.91 Å². The first kappa shape index (κ1) is 16.3. The van der Waals surface area contributed by atoms with Gasteiger partial charge in [-0.15, -0.1) is 0 Å². The lowest BCUT2D eigenvalue weighted by molar-refractivity contribution is 0.0492. The highest BCUT2D eigenvalue weighted by molar-refractivity contribution is 5.92. The molecule has 1 amide bonds. The molecule has 1 aromatic carbocycles. The van der Waals surface area contributed by atoms with Crippen LogP contribution in [0.2, 0.25) is 0 Å². The van der Waals surface area contributed by atoms with Crippen LogP contribution in [0.15, 0.2) is 54.7 Å². The predicted octanol–water partition coefficient (Wildman–Crippen LogP) is 3.34. The van der Waals surface area contributed by atoms with E-state index in [2.05, 4.69) is 35.3 Å². The topological polar surface area (TPSA) is 42.4 Å². The van der Waals surface area contributed by atoms with Gasteiger partial charge in [0.1, 0.15) is 5.69 Å². The van der Waals surface area contributed by atoms with Crippen molar-refractivity contribution in [3.8, 4) is 0 Å². The van der Waals surface area contributed by atoms with E-state index in [0.717, 1.165) is 45.4 Å². The summed E-state index contributed by atoms with van der Waals surface area (Å²) in [6, 6.07) is 16.1. The van der Waals surface area contributed by atoms with Gasteiger partial charge in [-0.05, 0) is 48.8 Å². The fraction of sp³-hybridized carbons (Fsp3) is 0.429. The number of benzene rings is 1. The molecule has 4 nitrogen and oxygen atoms in total. The average molecular weight is 336 g/mol. The maximum Gasteiger partial charge on any atom is 0.272 e. The van der Waals surface area contributed by atoms with Crippen LogP contribution in [0.4, 0.5) is 0 Å². The van der Waals surface area contributed by atoms with Crippen LogP contribution in [0.5, 0.6) is 0 Å². The van der Waals surface area contributed by atoms with E-state index in [1.54, 1.807) is 12.3 Å². The largest absolute Gasteiger partial charge is 0.377 e. The normalized spacial score (nSPS) is 22.2. The maximum absolute atomic E-state index is 12.5. The monoisotopic (exact) mass is 336 g/mol. The van der Waals surface area contributed by atoms with Crippen molar-refractivity contribution in [2.75, 3.05) is 19.7 Å². The second-order valence-corrected chi connectivity index (χ2v) is 7.33. The quantitative estimate of drug-likeness (QED) is 0.863. The van der Waals surface area contributed by atoms with Crippen LogP contribution in [0, 0.1) is 5.41 Å². The SMILES string of the molecule is O=C(c1ccccn1)N1CCC2(CC1)CO[C@H](Cc1ccccc1)C2. The predicted molar refractivity (Wildman–Crippen MR) is 96.3 cm³/mol. The summed E-state index contributed by atoms with van der Waals surface area (Å²) >= 11 is 0. The summed E-state index contributed by atoms with van der Waals surface area (Å²) in [4.78, 5) is 18.7. The van der Waals surface area contributed by atoms with E-state index in [-0.39, 0.29) is 11.3 Å². The third kappa shape index (κ3) is 3.59. The minimum atomic E-state index is 0.0511. The number of hydrogen-bond acceptors (Lipinski definition) is 3. The van der Waals surface area contributed by atoms with Crippen LogP contribution in [-0.2, 0) is 11.2 Å². The van der Waals surface area contributed by atoms with Crippen molar-refractivity contribution in [1.82, 2.24) is 9.88 Å². The van der Waals surface area contributed by atoms with Crippen LogP contribution in [0.25, 0.3) is 0 Å². The molecule has 0 aliphatic carbocycles. The van der Waals surface area contributed by atoms with Gasteiger partial charge in [-0.2, -0.15) is 0 Å². The molecule has 1 atom stereocenters. The Balaban J connectivity index is 1.33. The molecule has 4 rings (SSSR count). The minimum absolute atomic E-state index is 0.0511. The standard InChI is InChI=1S/C21H24N2O2/c24-20(19-8-4-5-11-22-19)23-12-9-21(10-13-23)15-18(25-16-21)14-17-6-2-1-3-7-17/h1-8,11,18H,9-10,12-16H2/t18-/m1/s1. The first-order chi connectivity index (χ1) is 12.2. The van der Waals surface area contributed by atoms with Crippen molar-refractivity contribution < 1.29 is 9.53 Å². The molecule has 0 bridgehead atoms. The number of carbonyl (C=O) groups is 1. The van der Waals surface area contributed by atoms with Crippen molar-refractivity contribution in [2.24, 2.45) is 5.41 Å². The van der Waals surface area contributed by atoms with E-state index in [4.69, 9.17) is 4.74 Å². The lowest BCUT2D eigenvalue weighted by atomic mass is 9.76. The Kier molecular flexibility index (Phi) is 4.53. The highest BCUT2D eigenvalue weighted by Gasteiger charge is 2.43. The Labute approximate surface area is 148 Å². The molecular formula is C21H24N2O2. The first-order valence-corrected chi connectivity index (χ1v) is 9.10. The van der Waals surface area contributed by atoms with E-state index in [1.807, 2.05) is 17.0 Å². The van der Waals surface area contributed by atoms with Gasteiger partial charge in [0.2, 0.25) is 0 Å². The molecule has 25 heavy (non-hydrogen) atoms. The van der Waals surface area contributed by atoms with Crippen LogP contribution < -0.4 is 0 Å². The molecule has 2 aromatic rings. The Hall–Kier alpha value is -2.20. The Morgan fingerprint density at radius 2 is 1.88 bits per heavy atom. The minimum Gasteiger partial charge on any atom is -0.377 e. The smallest absolute Gasteiger partial charge is 0.272 e. The molecule has 4 heteroatoms. The van der Waals surface area contributed by atoms with E-state index in [0.29, 0.717) is 11.8 Å². The van der Waals surface area contributed by atoms with Crippen molar-refractivity contribution in [2.45, 2.75) is 31.8 Å². The molecule has 0 N–H and O–H groups in total. The molecule has 2 aliphatic heterocycles. The summed E-state index contributed by atoms with van der Waals surface area (Å²) < 4.78 is 6.11. The molecule has 0 unspecified atom stereocenters. The lowest BCUT2D eigenvalue weighted by Gasteiger charge is -2.38. The lowest BCUT2D eigenvalue weighted by Crippen LogP contribution is -2.43. The summed E-state index contributed by atoms with van der Waals surface area (Å²) in [6.07, 6.45) is 6.12. The summed E-state index contributed by atoms with van der Waals surface area (Å²) in [6.45, 7) is 2.43. The molecule has 2 saturated heterocycles. The van der Waals surface area contributed by atoms with Gasteiger partial charge in [0, 0.05) is 19.3 Å². The molecule has 2 fully saturated rings. The number of pyridine rings is 1. The number of amides is 1. The van der Waals surface area contributed by atoms with Gasteiger partial charge in [0.05, 0.1) is 12.7 Å². The molecule has 2 aliphatic rings. The van der Waals surface area contributed by atoms with Crippen molar-refractivity contribution >= 4 is 5.91 Å². The zero-order valence-corrected chi connectivity index (χ0v) is 14.4. The van der Waals surface area contributed by atoms with Crippen LogP contribution >= 0.6 is 0 Å². The number of nitrogens with zero attached hydrogens (tertiary/aromatic N) is 2. The van der Waals surface area contributed by atoms with Crippen molar-refractivity contribution in [1.29, 1.82) is 0 Å². The third-order valence-corrected chi connectivity index (χ3v) is 5.59. The number of rotatable bonds is 3. The van der Waals surface area contributed by atoms with Crippen molar-refractivity contribution in [3.05, 3.63) is 66.0 Å². The molecular weight excluding hydrogens is 312 g/mol. The van der Waals surface area contributed by atoms with E-state index < -0.39 is 0 Å². The fourth-order valence-corrected chi connectivity index (χ4v) is 4.09. The first-order valence-electron chi connectivity index (χ1n) is 9.10. The zero-order valence-electron chi connectivity index (χ0n) is 14.4. The zero-order chi connectivity index (χ0) is 17.1. The Morgan fingerprint density at radius 3 is 2.60 bits per heavy atom. The van der Waals surface area contributed by atoms with E-state index in [9.17, 15) is 4.79 Å². The molecule has 3 heterocycles. The summed E-state index contributed by atoms with van der Waals surface area (Å²) in [5, 5.41) is 0. The summed E-state index contributed by atoms with van der Waals surface area (Å²) in [5.41, 5.74) is 2.13. The van der Waals surface area contributed by atoms with Gasteiger partial charge in [-0.1, -0.05) is 36.4 Å². The molecule has 1 aromatic heterocycles. The average Bonchev–Trinajstić information content (AvgIpc) is 3.05. The van der Waals surface area contributed by atoms with Crippen LogP contribution in [0.3, 0.4) is 0 Å². The second-order valence-electron chi connectivity index (χ2n) is 7.33. The van der Waals surface area contributed by atoms with Gasteiger partial charge in [-0.25, -0.2) is 0 Å². The number of ether oxygens (including phenoxy) is 1. The molecule has 130 valence electrons. The molecule has 1 spiro atoms. The van der Waals surface area contributed by atoms with E-state index >= 15 is 0 Å². The fourth-order valence-electron chi connectivity index (χ4n) is 4.09. The summed E-state index contributed by atoms with van der Waals surface area (Å²) in [7, 11) is 0. The maximum atomic E-state index is 12.5. The van der Waals surface area contributed by atoms with Gasteiger partial charge in [-0.3, -0.25) is 9.78 Å². The second kappa shape index (κ2) is 6.96. The van der Waals surface area contributed by atoms with Crippen LogP contribution in [-0.4, -0.2) is 41.6 Å². The number of hydrogen-bond donors (Lipinski definition) is 0. The van der Waals surface area contributed by atoms with E-state index in [1.165, 1.54) is 5.56 Å². The number of carbonyl (C=O) groups excluding carboxylic acids is 1. The highest BCUT2D eigenvalue weighted by Crippen LogP contribution is 2.42. The Morgan fingerprint density at radius 1 is 1.12 bits per heavy atom. The third-order valence-electron chi connectivity index (χ3n) is 5.59. The molecule has 0 radical (unpaired) electrons. The van der Waals surface area contributed by atoms with Crippen LogP contribution in [0.1, 0.15) is 35.3 Å². The number of aromatic nitrogens is 1. The number of piperidine rings is 1. The van der Waals surface area contributed by atoms with Gasteiger partial charge >= 0.3 is 0 Å².